The molecule has 3 nitrogen and oxygen atoms in total. The van der Waals surface area contributed by atoms with E-state index < -0.39 is 0 Å². The number of aliphatic hydroxyl groups is 1. The summed E-state index contributed by atoms with van der Waals surface area (Å²) in [5.74, 6) is 0. The maximum Gasteiger partial charge on any atom is 0.0499 e. The van der Waals surface area contributed by atoms with E-state index in [-0.39, 0.29) is 5.41 Å². The summed E-state index contributed by atoms with van der Waals surface area (Å²) >= 11 is 0. The molecule has 0 radical (unpaired) electrons. The van der Waals surface area contributed by atoms with E-state index in [1.54, 1.807) is 0 Å². The fourth-order valence-electron chi connectivity index (χ4n) is 2.03. The third kappa shape index (κ3) is 2.86. The van der Waals surface area contributed by atoms with Crippen LogP contribution in [0.25, 0.3) is 0 Å². The summed E-state index contributed by atoms with van der Waals surface area (Å²) < 4.78 is 2.23. The number of hydrogen-bond acceptors (Lipinski definition) is 2. The quantitative estimate of drug-likeness (QED) is 0.737. The minimum Gasteiger partial charge on any atom is -0.396 e. The van der Waals surface area contributed by atoms with Gasteiger partial charge in [0.05, 0.1) is 0 Å². The Bertz CT molecular complexity index is 328. The molecule has 3 heteroatoms. The molecule has 0 unspecified atom stereocenters. The summed E-state index contributed by atoms with van der Waals surface area (Å²) in [5.41, 5.74) is 1.55. The van der Waals surface area contributed by atoms with Crippen molar-refractivity contribution in [3.8, 4) is 0 Å². The minimum absolute atomic E-state index is 0.214. The first kappa shape index (κ1) is 11.7. The molecule has 1 aliphatic rings. The van der Waals surface area contributed by atoms with Gasteiger partial charge in [-0.3, -0.25) is 0 Å². The van der Waals surface area contributed by atoms with Crippen LogP contribution < -0.4 is 5.32 Å². The average molecular weight is 222 g/mol. The van der Waals surface area contributed by atoms with E-state index in [1.807, 2.05) is 0 Å². The molecule has 1 aliphatic carbocycles. The highest BCUT2D eigenvalue weighted by Crippen LogP contribution is 2.44. The Labute approximate surface area is 97.5 Å². The number of hydrogen-bond donors (Lipinski definition) is 2. The Morgan fingerprint density at radius 2 is 2.31 bits per heavy atom. The van der Waals surface area contributed by atoms with Crippen LogP contribution in [0.2, 0.25) is 0 Å². The van der Waals surface area contributed by atoms with Crippen molar-refractivity contribution in [1.29, 1.82) is 0 Å². The normalized spacial score (nSPS) is 17.6. The van der Waals surface area contributed by atoms with E-state index in [9.17, 15) is 5.11 Å². The van der Waals surface area contributed by atoms with Crippen LogP contribution in [0.3, 0.4) is 0 Å². The van der Waals surface area contributed by atoms with Crippen molar-refractivity contribution in [2.75, 3.05) is 13.2 Å². The van der Waals surface area contributed by atoms with Crippen molar-refractivity contribution in [2.24, 2.45) is 5.41 Å². The Morgan fingerprint density at radius 3 is 2.94 bits per heavy atom. The lowest BCUT2D eigenvalue weighted by atomic mass is 10.1. The molecule has 1 aromatic rings. The summed E-state index contributed by atoms with van der Waals surface area (Å²) in [6.07, 6.45) is 7.87. The lowest BCUT2D eigenvalue weighted by molar-refractivity contribution is 0.207. The van der Waals surface area contributed by atoms with Gasteiger partial charge in [-0.2, -0.15) is 0 Å². The molecule has 16 heavy (non-hydrogen) atoms. The Morgan fingerprint density at radius 1 is 1.50 bits per heavy atom. The summed E-state index contributed by atoms with van der Waals surface area (Å²) in [5, 5.41) is 12.6. The molecule has 90 valence electrons. The third-order valence-electron chi connectivity index (χ3n) is 3.42. The summed E-state index contributed by atoms with van der Waals surface area (Å²) in [6, 6.07) is 2.17. The minimum atomic E-state index is 0.214. The van der Waals surface area contributed by atoms with Crippen LogP contribution in [0.4, 0.5) is 0 Å². The fourth-order valence-corrected chi connectivity index (χ4v) is 2.03. The first-order valence-corrected chi connectivity index (χ1v) is 6.24. The largest absolute Gasteiger partial charge is 0.396 e. The molecule has 1 saturated carbocycles. The molecule has 1 heterocycles. The summed E-state index contributed by atoms with van der Waals surface area (Å²) in [4.78, 5) is 0. The first-order chi connectivity index (χ1) is 7.78. The van der Waals surface area contributed by atoms with Gasteiger partial charge in [0.2, 0.25) is 0 Å². The molecule has 0 spiro atoms. The first-order valence-electron chi connectivity index (χ1n) is 6.24. The van der Waals surface area contributed by atoms with Gasteiger partial charge < -0.3 is 15.0 Å². The highest BCUT2D eigenvalue weighted by Gasteiger charge is 2.41. The van der Waals surface area contributed by atoms with Crippen LogP contribution in [0.5, 0.6) is 0 Å². The molecule has 0 amide bonds. The molecule has 0 aromatic carbocycles. The van der Waals surface area contributed by atoms with Gasteiger partial charge in [0.1, 0.15) is 0 Å². The van der Waals surface area contributed by atoms with Gasteiger partial charge in [-0.25, -0.2) is 0 Å². The number of nitrogens with one attached hydrogen (secondary N) is 1. The van der Waals surface area contributed by atoms with Gasteiger partial charge in [0, 0.05) is 44.0 Å². The monoisotopic (exact) mass is 222 g/mol. The molecule has 2 rings (SSSR count). The van der Waals surface area contributed by atoms with E-state index in [2.05, 4.69) is 35.3 Å². The lowest BCUT2D eigenvalue weighted by Crippen LogP contribution is -2.25. The van der Waals surface area contributed by atoms with Crippen LogP contribution >= 0.6 is 0 Å². The second-order valence-electron chi connectivity index (χ2n) is 5.02. The SMILES string of the molecule is CCCn1ccc(CNCC2(CO)CC2)c1. The molecule has 0 atom stereocenters. The molecule has 0 aliphatic heterocycles. The van der Waals surface area contributed by atoms with Crippen molar-refractivity contribution in [3.05, 3.63) is 24.0 Å². The Hall–Kier alpha value is -0.800. The van der Waals surface area contributed by atoms with Crippen LogP contribution in [0, 0.1) is 5.41 Å². The zero-order chi connectivity index (χ0) is 11.4. The number of rotatable bonds is 7. The zero-order valence-electron chi connectivity index (χ0n) is 10.1. The highest BCUT2D eigenvalue weighted by molar-refractivity contribution is 5.10. The van der Waals surface area contributed by atoms with Crippen LogP contribution in [0.15, 0.2) is 18.5 Å². The number of aryl methyl sites for hydroxylation is 1. The lowest BCUT2D eigenvalue weighted by Gasteiger charge is -2.11. The number of aliphatic hydroxyl groups excluding tert-OH is 1. The molecular weight excluding hydrogens is 200 g/mol. The van der Waals surface area contributed by atoms with Crippen molar-refractivity contribution < 1.29 is 5.11 Å². The fraction of sp³-hybridized carbons (Fsp3) is 0.692. The summed E-state index contributed by atoms with van der Waals surface area (Å²) in [6.45, 7) is 5.48. The predicted molar refractivity (Wildman–Crippen MR) is 65.2 cm³/mol. The molecule has 0 saturated heterocycles. The maximum absolute atomic E-state index is 9.18. The second-order valence-corrected chi connectivity index (χ2v) is 5.02. The highest BCUT2D eigenvalue weighted by atomic mass is 16.3. The van der Waals surface area contributed by atoms with Gasteiger partial charge in [-0.15, -0.1) is 0 Å². The average Bonchev–Trinajstić information content (AvgIpc) is 2.94. The number of aromatic nitrogens is 1. The van der Waals surface area contributed by atoms with Crippen molar-refractivity contribution in [1.82, 2.24) is 9.88 Å². The molecule has 2 N–H and O–H groups in total. The molecule has 1 aromatic heterocycles. The molecule has 1 fully saturated rings. The van der Waals surface area contributed by atoms with Crippen molar-refractivity contribution >= 4 is 0 Å². The van der Waals surface area contributed by atoms with E-state index in [0.717, 1.165) is 19.6 Å². The van der Waals surface area contributed by atoms with Crippen LogP contribution in [0.1, 0.15) is 31.7 Å². The van der Waals surface area contributed by atoms with E-state index in [1.165, 1.54) is 24.8 Å². The second kappa shape index (κ2) is 5.02. The van der Waals surface area contributed by atoms with Gasteiger partial charge in [0.15, 0.2) is 0 Å². The predicted octanol–water partition coefficient (Wildman–Crippen LogP) is 1.76. The smallest absolute Gasteiger partial charge is 0.0499 e. The van der Waals surface area contributed by atoms with Gasteiger partial charge in [0.25, 0.3) is 0 Å². The van der Waals surface area contributed by atoms with Gasteiger partial charge >= 0.3 is 0 Å². The standard InChI is InChI=1S/C13H22N2O/c1-2-6-15-7-3-12(9-15)8-14-10-13(11-16)4-5-13/h3,7,9,14,16H,2,4-6,8,10-11H2,1H3. The van der Waals surface area contributed by atoms with Crippen molar-refractivity contribution in [2.45, 2.75) is 39.3 Å². The third-order valence-corrected chi connectivity index (χ3v) is 3.42. The van der Waals surface area contributed by atoms with Crippen LogP contribution in [-0.2, 0) is 13.1 Å². The van der Waals surface area contributed by atoms with Crippen LogP contribution in [-0.4, -0.2) is 22.8 Å². The van der Waals surface area contributed by atoms with Gasteiger partial charge in [-0.1, -0.05) is 6.92 Å². The van der Waals surface area contributed by atoms with Gasteiger partial charge in [-0.05, 0) is 30.9 Å². The Kier molecular flexibility index (Phi) is 3.66. The Balaban J connectivity index is 1.72. The van der Waals surface area contributed by atoms with Crippen molar-refractivity contribution in [3.63, 3.8) is 0 Å². The number of nitrogens with zero attached hydrogens (tertiary/aromatic N) is 1. The van der Waals surface area contributed by atoms with E-state index in [4.69, 9.17) is 0 Å². The molecular formula is C13H22N2O. The maximum atomic E-state index is 9.18. The molecule has 0 bridgehead atoms. The summed E-state index contributed by atoms with van der Waals surface area (Å²) in [7, 11) is 0. The van der Waals surface area contributed by atoms with E-state index >= 15 is 0 Å². The topological polar surface area (TPSA) is 37.2 Å². The van der Waals surface area contributed by atoms with E-state index in [0.29, 0.717) is 6.61 Å². The zero-order valence-corrected chi connectivity index (χ0v) is 10.1.